The van der Waals surface area contributed by atoms with E-state index in [1.165, 1.54) is 0 Å². The summed E-state index contributed by atoms with van der Waals surface area (Å²) in [5.41, 5.74) is 0.636. The minimum Gasteiger partial charge on any atom is -0.390 e. The van der Waals surface area contributed by atoms with Gasteiger partial charge in [0.1, 0.15) is 11.9 Å². The smallest absolute Gasteiger partial charge is 0.333 e. The Morgan fingerprint density at radius 3 is 2.87 bits per heavy atom. The first-order valence-electron chi connectivity index (χ1n) is 6.94. The first-order chi connectivity index (χ1) is 10.8. The van der Waals surface area contributed by atoms with Gasteiger partial charge in [0.05, 0.1) is 24.9 Å². The predicted molar refractivity (Wildman–Crippen MR) is 79.6 cm³/mol. The summed E-state index contributed by atoms with van der Waals surface area (Å²) in [7, 11) is -4.09. The van der Waals surface area contributed by atoms with Crippen molar-refractivity contribution >= 4 is 21.8 Å². The van der Waals surface area contributed by atoms with Gasteiger partial charge in [-0.05, 0) is 12.5 Å². The van der Waals surface area contributed by atoms with Gasteiger partial charge in [0.15, 0.2) is 5.65 Å². The summed E-state index contributed by atoms with van der Waals surface area (Å²) in [5, 5.41) is 32.2. The molecule has 1 aliphatic rings. The molecule has 0 aliphatic heterocycles. The van der Waals surface area contributed by atoms with E-state index in [4.69, 9.17) is 5.14 Å². The van der Waals surface area contributed by atoms with E-state index in [2.05, 4.69) is 19.6 Å². The summed E-state index contributed by atoms with van der Waals surface area (Å²) in [6, 6.07) is 2.93. The van der Waals surface area contributed by atoms with E-state index < -0.39 is 34.5 Å². The summed E-state index contributed by atoms with van der Waals surface area (Å²) in [6.07, 6.45) is 1.30. The van der Waals surface area contributed by atoms with Crippen LogP contribution < -0.4 is 10.5 Å². The zero-order chi connectivity index (χ0) is 16.6. The molecule has 1 saturated carbocycles. The van der Waals surface area contributed by atoms with E-state index >= 15 is 0 Å². The lowest BCUT2D eigenvalue weighted by Gasteiger charge is -2.19. The lowest BCUT2D eigenvalue weighted by Crippen LogP contribution is -2.36. The van der Waals surface area contributed by atoms with E-state index in [0.29, 0.717) is 17.9 Å². The first kappa shape index (κ1) is 16.1. The number of anilines is 1. The monoisotopic (exact) mass is 343 g/mol. The largest absolute Gasteiger partial charge is 0.390 e. The third-order valence-corrected chi connectivity index (χ3v) is 4.34. The van der Waals surface area contributed by atoms with Crippen LogP contribution in [0, 0.1) is 5.92 Å². The number of nitrogens with one attached hydrogen (secondary N) is 1. The number of aliphatic hydroxyl groups is 2. The van der Waals surface area contributed by atoms with Gasteiger partial charge in [-0.25, -0.2) is 10.1 Å². The number of nitrogens with zero attached hydrogens (tertiary/aromatic N) is 3. The van der Waals surface area contributed by atoms with Crippen LogP contribution in [0.4, 0.5) is 5.82 Å². The predicted octanol–water partition coefficient (Wildman–Crippen LogP) is -1.53. The lowest BCUT2D eigenvalue weighted by molar-refractivity contribution is 0.00777. The van der Waals surface area contributed by atoms with Gasteiger partial charge in [-0.1, -0.05) is 0 Å². The highest BCUT2D eigenvalue weighted by atomic mass is 32.2. The average molecular weight is 343 g/mol. The van der Waals surface area contributed by atoms with Crippen LogP contribution in [-0.4, -0.2) is 58.1 Å². The van der Waals surface area contributed by atoms with Crippen LogP contribution in [0.5, 0.6) is 0 Å². The molecule has 126 valence electrons. The molecule has 23 heavy (non-hydrogen) atoms. The van der Waals surface area contributed by atoms with Crippen LogP contribution in [-0.2, 0) is 14.5 Å². The number of aromatic nitrogens is 3. The molecule has 10 nitrogen and oxygen atoms in total. The second-order valence-electron chi connectivity index (χ2n) is 5.44. The Morgan fingerprint density at radius 1 is 1.35 bits per heavy atom. The van der Waals surface area contributed by atoms with Crippen molar-refractivity contribution in [2.75, 3.05) is 11.9 Å². The maximum Gasteiger partial charge on any atom is 0.333 e. The summed E-state index contributed by atoms with van der Waals surface area (Å²) in [4.78, 5) is 4.13. The SMILES string of the molecule is NS(=O)(=O)OC[C@H]1C[C@@H](Nc2ccnc3ccnn23)[C@H](O)[C@@H]1O. The number of rotatable bonds is 5. The van der Waals surface area contributed by atoms with E-state index in [-0.39, 0.29) is 6.61 Å². The maximum absolute atomic E-state index is 10.8. The quantitative estimate of drug-likeness (QED) is 0.510. The van der Waals surface area contributed by atoms with Crippen LogP contribution in [0.25, 0.3) is 5.65 Å². The molecule has 0 unspecified atom stereocenters. The first-order valence-corrected chi connectivity index (χ1v) is 8.41. The molecule has 0 radical (unpaired) electrons. The van der Waals surface area contributed by atoms with Crippen LogP contribution in [0.2, 0.25) is 0 Å². The molecule has 2 heterocycles. The molecule has 1 fully saturated rings. The van der Waals surface area contributed by atoms with Crippen molar-refractivity contribution in [3.8, 4) is 0 Å². The normalized spacial score (nSPS) is 28.3. The highest BCUT2D eigenvalue weighted by molar-refractivity contribution is 7.84. The molecular formula is C12H17N5O5S. The topological polar surface area (TPSA) is 152 Å². The zero-order valence-corrected chi connectivity index (χ0v) is 12.8. The van der Waals surface area contributed by atoms with Crippen LogP contribution in [0.15, 0.2) is 24.5 Å². The molecule has 0 spiro atoms. The molecule has 4 atom stereocenters. The van der Waals surface area contributed by atoms with Gasteiger partial charge in [-0.3, -0.25) is 4.18 Å². The zero-order valence-electron chi connectivity index (χ0n) is 12.0. The van der Waals surface area contributed by atoms with Crippen molar-refractivity contribution in [2.24, 2.45) is 11.1 Å². The minimum absolute atomic E-state index is 0.289. The summed E-state index contributed by atoms with van der Waals surface area (Å²) < 4.78 is 27.8. The number of hydrogen-bond donors (Lipinski definition) is 4. The highest BCUT2D eigenvalue weighted by Crippen LogP contribution is 2.29. The molecular weight excluding hydrogens is 326 g/mol. The van der Waals surface area contributed by atoms with Crippen molar-refractivity contribution in [3.63, 3.8) is 0 Å². The third-order valence-electron chi connectivity index (χ3n) is 3.87. The Balaban J connectivity index is 1.72. The molecule has 5 N–H and O–H groups in total. The lowest BCUT2D eigenvalue weighted by atomic mass is 10.1. The molecule has 11 heteroatoms. The Hall–Kier alpha value is -1.79. The fraction of sp³-hybridized carbons (Fsp3) is 0.500. The Bertz CT molecular complexity index is 794. The van der Waals surface area contributed by atoms with Crippen molar-refractivity contribution in [1.29, 1.82) is 0 Å². The second kappa shape index (κ2) is 6.02. The average Bonchev–Trinajstić information content (AvgIpc) is 3.05. The van der Waals surface area contributed by atoms with Crippen molar-refractivity contribution in [3.05, 3.63) is 24.5 Å². The molecule has 0 bridgehead atoms. The molecule has 3 rings (SSSR count). The molecule has 2 aromatic heterocycles. The van der Waals surface area contributed by atoms with Gasteiger partial charge < -0.3 is 15.5 Å². The van der Waals surface area contributed by atoms with E-state index in [1.54, 1.807) is 29.0 Å². The summed E-state index contributed by atoms with van der Waals surface area (Å²) in [6.45, 7) is -0.289. The van der Waals surface area contributed by atoms with E-state index in [9.17, 15) is 18.6 Å². The molecule has 2 aromatic rings. The van der Waals surface area contributed by atoms with Crippen molar-refractivity contribution in [2.45, 2.75) is 24.7 Å². The van der Waals surface area contributed by atoms with E-state index in [0.717, 1.165) is 0 Å². The number of nitrogens with two attached hydrogens (primary N) is 1. The highest BCUT2D eigenvalue weighted by Gasteiger charge is 2.42. The molecule has 1 aliphatic carbocycles. The molecule has 0 saturated heterocycles. The summed E-state index contributed by atoms with van der Waals surface area (Å²) in [5.74, 6) is 0.0417. The molecule has 0 amide bonds. The fourth-order valence-electron chi connectivity index (χ4n) is 2.75. The standard InChI is InChI=1S/C12H17N5O5S/c13-23(20,21)22-6-7-5-8(12(19)11(7)18)16-10-1-3-14-9-2-4-15-17(9)10/h1-4,7-8,11-12,16,18-19H,5-6H2,(H2,13,20,21)/t7-,8-,11-,12+/m1/s1. The number of hydrogen-bond acceptors (Lipinski definition) is 8. The van der Waals surface area contributed by atoms with Crippen molar-refractivity contribution < 1.29 is 22.8 Å². The van der Waals surface area contributed by atoms with Gasteiger partial charge in [0.25, 0.3) is 0 Å². The van der Waals surface area contributed by atoms with Crippen molar-refractivity contribution in [1.82, 2.24) is 14.6 Å². The van der Waals surface area contributed by atoms with Gasteiger partial charge >= 0.3 is 10.3 Å². The molecule has 0 aromatic carbocycles. The minimum atomic E-state index is -4.09. The fourth-order valence-corrected chi connectivity index (χ4v) is 3.11. The number of aliphatic hydroxyl groups excluding tert-OH is 2. The van der Waals surface area contributed by atoms with E-state index in [1.807, 2.05) is 0 Å². The Morgan fingerprint density at radius 2 is 2.13 bits per heavy atom. The van der Waals surface area contributed by atoms with Crippen LogP contribution in [0.3, 0.4) is 0 Å². The Kier molecular flexibility index (Phi) is 4.21. The van der Waals surface area contributed by atoms with Gasteiger partial charge in [-0.15, -0.1) is 0 Å². The maximum atomic E-state index is 10.8. The van der Waals surface area contributed by atoms with Gasteiger partial charge in [-0.2, -0.15) is 18.0 Å². The van der Waals surface area contributed by atoms with Crippen LogP contribution in [0.1, 0.15) is 6.42 Å². The van der Waals surface area contributed by atoms with Gasteiger partial charge in [0.2, 0.25) is 0 Å². The summed E-state index contributed by atoms with van der Waals surface area (Å²) >= 11 is 0. The number of fused-ring (bicyclic) bond motifs is 1. The third kappa shape index (κ3) is 3.43. The second-order valence-corrected chi connectivity index (χ2v) is 6.66. The van der Waals surface area contributed by atoms with Gasteiger partial charge in [0, 0.05) is 18.2 Å². The Labute approximate surface area is 132 Å². The van der Waals surface area contributed by atoms with Crippen LogP contribution >= 0.6 is 0 Å².